The molecule has 0 N–H and O–H groups in total. The Bertz CT molecular complexity index is 2740. The third kappa shape index (κ3) is 7.37. The fraction of sp³-hybridized carbons (Fsp3) is 0.256. The minimum Gasteiger partial charge on any atom is -0.371 e. The number of hydrogen-bond acceptors (Lipinski definition) is 11. The van der Waals surface area contributed by atoms with E-state index in [2.05, 4.69) is 53.3 Å². The number of rotatable bonds is 5. The molecule has 0 bridgehead atoms. The summed E-state index contributed by atoms with van der Waals surface area (Å²) in [6, 6.07) is 28.3. The predicted octanol–water partition coefficient (Wildman–Crippen LogP) is 7.90. The Kier molecular flexibility index (Phi) is 9.70. The third-order valence-electron chi connectivity index (χ3n) is 10.9. The largest absolute Gasteiger partial charge is 0.371 e. The summed E-state index contributed by atoms with van der Waals surface area (Å²) in [4.78, 5) is 37.9. The summed E-state index contributed by atoms with van der Waals surface area (Å²) in [5, 5.41) is 0.220. The molecule has 16 heteroatoms. The van der Waals surface area contributed by atoms with Crippen LogP contribution >= 0.6 is 11.6 Å². The van der Waals surface area contributed by atoms with Crippen LogP contribution in [0.25, 0.3) is 44.8 Å². The number of alkyl halides is 2. The summed E-state index contributed by atoms with van der Waals surface area (Å²) in [6.07, 6.45) is 6.41. The van der Waals surface area contributed by atoms with E-state index in [1.54, 1.807) is 29.7 Å². The first-order chi connectivity index (χ1) is 28.9. The second-order valence-electron chi connectivity index (χ2n) is 14.6. The molecule has 0 spiro atoms. The van der Waals surface area contributed by atoms with Crippen molar-refractivity contribution in [2.24, 2.45) is 0 Å². The zero-order valence-electron chi connectivity index (χ0n) is 31.6. The van der Waals surface area contributed by atoms with Gasteiger partial charge in [-0.25, -0.2) is 48.7 Å². The highest BCUT2D eigenvalue weighted by molar-refractivity contribution is 6.28. The quantitative estimate of drug-likeness (QED) is 0.157. The number of anilines is 1. The van der Waals surface area contributed by atoms with Crippen LogP contribution in [-0.4, -0.2) is 81.2 Å². The minimum absolute atomic E-state index is 0.00134. The van der Waals surface area contributed by atoms with Crippen molar-refractivity contribution in [1.82, 2.24) is 49.0 Å². The van der Waals surface area contributed by atoms with Crippen LogP contribution in [0.1, 0.15) is 47.7 Å². The van der Waals surface area contributed by atoms with E-state index in [1.807, 2.05) is 60.7 Å². The van der Waals surface area contributed by atoms with Gasteiger partial charge in [0.15, 0.2) is 11.3 Å². The first-order valence-electron chi connectivity index (χ1n) is 19.3. The molecule has 2 atom stereocenters. The normalized spacial score (nSPS) is 18.5. The van der Waals surface area contributed by atoms with Crippen molar-refractivity contribution in [3.63, 3.8) is 0 Å². The van der Waals surface area contributed by atoms with Crippen LogP contribution in [0.4, 0.5) is 14.7 Å². The van der Waals surface area contributed by atoms with Gasteiger partial charge in [-0.15, -0.1) is 0 Å². The molecule has 0 radical (unpaired) electrons. The fourth-order valence-electron chi connectivity index (χ4n) is 7.83. The number of nitrogens with zero attached hydrogens (tertiary/aromatic N) is 11. The van der Waals surface area contributed by atoms with Crippen LogP contribution in [0, 0.1) is 0 Å². The molecule has 296 valence electrons. The van der Waals surface area contributed by atoms with E-state index >= 15 is 0 Å². The minimum atomic E-state index is -2.59. The lowest BCUT2D eigenvalue weighted by Gasteiger charge is -2.31. The lowest BCUT2D eigenvalue weighted by atomic mass is 10.1. The zero-order chi connectivity index (χ0) is 39.9. The molecule has 3 aliphatic heterocycles. The monoisotopic (exact) mass is 811 g/mol. The Labute approximate surface area is 341 Å². The van der Waals surface area contributed by atoms with E-state index in [-0.39, 0.29) is 43.3 Å². The summed E-state index contributed by atoms with van der Waals surface area (Å²) in [5.74, 6) is -0.387. The molecule has 0 saturated carbocycles. The third-order valence-corrected chi connectivity index (χ3v) is 11.0. The number of imidazole rings is 2. The Morgan fingerprint density at radius 1 is 0.576 bits per heavy atom. The molecule has 11 rings (SSSR count). The smallest absolute Gasteiger partial charge is 0.251 e. The molecule has 2 aromatic carbocycles. The molecule has 9 heterocycles. The molecule has 59 heavy (non-hydrogen) atoms. The van der Waals surface area contributed by atoms with Crippen molar-refractivity contribution in [1.29, 1.82) is 0 Å². The summed E-state index contributed by atoms with van der Waals surface area (Å²) in [5.41, 5.74) is 8.72. The van der Waals surface area contributed by atoms with Crippen LogP contribution in [0.5, 0.6) is 0 Å². The highest BCUT2D eigenvalue weighted by atomic mass is 35.5. The van der Waals surface area contributed by atoms with E-state index < -0.39 is 5.92 Å². The Morgan fingerprint density at radius 3 is 1.51 bits per heavy atom. The van der Waals surface area contributed by atoms with Gasteiger partial charge in [-0.3, -0.25) is 0 Å². The topological polar surface area (TPSA) is 135 Å². The van der Waals surface area contributed by atoms with E-state index in [9.17, 15) is 8.78 Å². The van der Waals surface area contributed by atoms with Crippen molar-refractivity contribution < 1.29 is 18.3 Å². The summed E-state index contributed by atoms with van der Waals surface area (Å²) < 4.78 is 42.8. The molecule has 1 saturated heterocycles. The number of piperidine rings is 1. The van der Waals surface area contributed by atoms with E-state index in [4.69, 9.17) is 41.0 Å². The van der Waals surface area contributed by atoms with Gasteiger partial charge in [0, 0.05) is 61.8 Å². The van der Waals surface area contributed by atoms with Gasteiger partial charge in [0.1, 0.15) is 35.9 Å². The van der Waals surface area contributed by atoms with Crippen molar-refractivity contribution >= 4 is 39.9 Å². The molecule has 8 aromatic rings. The fourth-order valence-corrected chi connectivity index (χ4v) is 7.93. The lowest BCUT2D eigenvalue weighted by Crippen LogP contribution is -2.40. The van der Waals surface area contributed by atoms with Gasteiger partial charge in [-0.1, -0.05) is 60.7 Å². The molecule has 0 amide bonds. The molecule has 1 fully saturated rings. The number of halogens is 3. The van der Waals surface area contributed by atoms with Gasteiger partial charge < -0.3 is 23.5 Å². The number of fused-ring (bicyclic) bond motifs is 6. The average Bonchev–Trinajstić information content (AvgIpc) is 3.85. The van der Waals surface area contributed by atoms with Crippen molar-refractivity contribution in [3.8, 4) is 22.5 Å². The van der Waals surface area contributed by atoms with Gasteiger partial charge in [0.2, 0.25) is 11.2 Å². The maximum Gasteiger partial charge on any atom is 0.251 e. The molecule has 2 unspecified atom stereocenters. The molecular formula is C43H36ClF2N11O2. The van der Waals surface area contributed by atoms with Gasteiger partial charge >= 0.3 is 0 Å². The molecule has 0 aliphatic carbocycles. The SMILES string of the molecule is Clc1ncc(-c2ccc3nc4n(c3n2)C(c2ccccc2)COC4)cn1.FC1(F)CCN(c2ncc(-c3ccc4nc5n(c4n3)C(c3ccccc3)COC5)cn2)CC1. The summed E-state index contributed by atoms with van der Waals surface area (Å²) in [6.45, 7) is 2.59. The maximum atomic E-state index is 13.4. The number of ether oxygens (including phenoxy) is 2. The molecule has 13 nitrogen and oxygen atoms in total. The Hall–Kier alpha value is -6.29. The first-order valence-corrected chi connectivity index (χ1v) is 19.7. The Balaban J connectivity index is 0.000000147. The average molecular weight is 812 g/mol. The van der Waals surface area contributed by atoms with Crippen LogP contribution in [-0.2, 0) is 22.7 Å². The van der Waals surface area contributed by atoms with Gasteiger partial charge in [-0.2, -0.15) is 0 Å². The number of aromatic nitrogens is 10. The van der Waals surface area contributed by atoms with Gasteiger partial charge in [0.25, 0.3) is 5.92 Å². The van der Waals surface area contributed by atoms with Crippen LogP contribution in [0.15, 0.2) is 110 Å². The highest BCUT2D eigenvalue weighted by Gasteiger charge is 2.35. The Morgan fingerprint density at radius 2 is 1.03 bits per heavy atom. The molecular weight excluding hydrogens is 776 g/mol. The van der Waals surface area contributed by atoms with Gasteiger partial charge in [-0.05, 0) is 47.0 Å². The second-order valence-corrected chi connectivity index (χ2v) is 15.0. The van der Waals surface area contributed by atoms with Crippen molar-refractivity contribution in [2.75, 3.05) is 31.2 Å². The van der Waals surface area contributed by atoms with Crippen LogP contribution < -0.4 is 4.90 Å². The van der Waals surface area contributed by atoms with E-state index in [0.717, 1.165) is 62.1 Å². The summed E-state index contributed by atoms with van der Waals surface area (Å²) in [7, 11) is 0. The number of hydrogen-bond donors (Lipinski definition) is 0. The molecule has 3 aliphatic rings. The maximum absolute atomic E-state index is 13.4. The van der Waals surface area contributed by atoms with Crippen LogP contribution in [0.2, 0.25) is 5.28 Å². The molecule has 6 aromatic heterocycles. The standard InChI is InChI=1S/C24H22F2N6O.C19H14ClN5O/c25-24(26)8-10-31(11-9-24)23-27-12-17(13-28-23)18-6-7-19-22(30-18)32-20(14-33-15-21(32)29-19)16-4-2-1-3-5-16;20-19-21-8-13(9-22-19)14-6-7-15-18(24-14)25-16(10-26-11-17(25)23-15)12-4-2-1-3-5-12/h1-7,12-13,20H,8-11,14-15H2;1-9,16H,10-11H2. The van der Waals surface area contributed by atoms with E-state index in [0.29, 0.717) is 32.4 Å². The number of benzene rings is 2. The lowest BCUT2D eigenvalue weighted by molar-refractivity contribution is -0.0222. The highest BCUT2D eigenvalue weighted by Crippen LogP contribution is 2.34. The van der Waals surface area contributed by atoms with E-state index in [1.165, 1.54) is 5.56 Å². The van der Waals surface area contributed by atoms with Crippen LogP contribution in [0.3, 0.4) is 0 Å². The first kappa shape index (κ1) is 37.0. The van der Waals surface area contributed by atoms with Crippen molar-refractivity contribution in [2.45, 2.75) is 44.1 Å². The summed E-state index contributed by atoms with van der Waals surface area (Å²) >= 11 is 5.79. The number of pyridine rings is 2. The zero-order valence-corrected chi connectivity index (χ0v) is 32.3. The van der Waals surface area contributed by atoms with Gasteiger partial charge in [0.05, 0.1) is 36.7 Å². The predicted molar refractivity (Wildman–Crippen MR) is 217 cm³/mol. The second kappa shape index (κ2) is 15.5. The van der Waals surface area contributed by atoms with Crippen molar-refractivity contribution in [3.05, 3.63) is 138 Å².